The van der Waals surface area contributed by atoms with Crippen molar-refractivity contribution in [1.29, 1.82) is 0 Å². The zero-order chi connectivity index (χ0) is 13.2. The maximum absolute atomic E-state index is 4.06. The first-order chi connectivity index (χ1) is 9.22. The van der Waals surface area contributed by atoms with Crippen molar-refractivity contribution in [2.24, 2.45) is 5.92 Å². The second kappa shape index (κ2) is 5.21. The van der Waals surface area contributed by atoms with Crippen molar-refractivity contribution in [2.45, 2.75) is 25.8 Å². The third-order valence-electron chi connectivity index (χ3n) is 4.20. The average Bonchev–Trinajstić information content (AvgIpc) is 2.86. The summed E-state index contributed by atoms with van der Waals surface area (Å²) < 4.78 is 0. The normalized spacial score (nSPS) is 22.5. The van der Waals surface area contributed by atoms with Crippen molar-refractivity contribution in [1.82, 2.24) is 15.1 Å². The lowest BCUT2D eigenvalue weighted by molar-refractivity contribution is 0.197. The maximum atomic E-state index is 4.06. The molecule has 1 fully saturated rings. The predicted molar refractivity (Wildman–Crippen MR) is 79.4 cm³/mol. The molecule has 4 nitrogen and oxygen atoms in total. The third kappa shape index (κ3) is 2.73. The van der Waals surface area contributed by atoms with E-state index in [1.165, 1.54) is 31.6 Å². The third-order valence-corrected chi connectivity index (χ3v) is 4.20. The van der Waals surface area contributed by atoms with Gasteiger partial charge in [0.1, 0.15) is 0 Å². The highest BCUT2D eigenvalue weighted by atomic mass is 15.1. The first kappa shape index (κ1) is 12.5. The van der Waals surface area contributed by atoms with E-state index < -0.39 is 0 Å². The molecule has 0 saturated carbocycles. The lowest BCUT2D eigenvalue weighted by Crippen LogP contribution is -2.39. The SMILES string of the molecule is CC(Nc1ccc2cn[nH]c2c1)C1CCCN(C)C1. The Morgan fingerprint density at radius 1 is 1.47 bits per heavy atom. The van der Waals surface area contributed by atoms with Gasteiger partial charge in [-0.2, -0.15) is 5.10 Å². The number of likely N-dealkylation sites (tertiary alicyclic amines) is 1. The number of aromatic nitrogens is 2. The number of piperidine rings is 1. The van der Waals surface area contributed by atoms with Crippen molar-refractivity contribution in [3.63, 3.8) is 0 Å². The van der Waals surface area contributed by atoms with E-state index in [0.717, 1.165) is 16.8 Å². The van der Waals surface area contributed by atoms with Crippen LogP contribution in [0.2, 0.25) is 0 Å². The van der Waals surface area contributed by atoms with Crippen LogP contribution in [0.3, 0.4) is 0 Å². The average molecular weight is 258 g/mol. The van der Waals surface area contributed by atoms with Gasteiger partial charge in [0.05, 0.1) is 11.7 Å². The minimum absolute atomic E-state index is 0.503. The molecule has 0 radical (unpaired) electrons. The second-order valence-corrected chi connectivity index (χ2v) is 5.77. The van der Waals surface area contributed by atoms with Crippen LogP contribution in [-0.2, 0) is 0 Å². The van der Waals surface area contributed by atoms with Crippen molar-refractivity contribution in [3.05, 3.63) is 24.4 Å². The second-order valence-electron chi connectivity index (χ2n) is 5.77. The Labute approximate surface area is 114 Å². The molecule has 1 aliphatic rings. The van der Waals surface area contributed by atoms with Gasteiger partial charge in [0.2, 0.25) is 0 Å². The molecule has 2 N–H and O–H groups in total. The highest BCUT2D eigenvalue weighted by Gasteiger charge is 2.22. The number of anilines is 1. The van der Waals surface area contributed by atoms with E-state index in [0.29, 0.717) is 6.04 Å². The summed E-state index contributed by atoms with van der Waals surface area (Å²) in [5.41, 5.74) is 2.27. The molecule has 19 heavy (non-hydrogen) atoms. The molecule has 102 valence electrons. The van der Waals surface area contributed by atoms with Crippen LogP contribution in [0.1, 0.15) is 19.8 Å². The minimum atomic E-state index is 0.503. The van der Waals surface area contributed by atoms with E-state index >= 15 is 0 Å². The van der Waals surface area contributed by atoms with Crippen LogP contribution < -0.4 is 5.32 Å². The van der Waals surface area contributed by atoms with Crippen LogP contribution in [0.25, 0.3) is 10.9 Å². The van der Waals surface area contributed by atoms with Crippen molar-refractivity contribution in [2.75, 3.05) is 25.5 Å². The summed E-state index contributed by atoms with van der Waals surface area (Å²) in [7, 11) is 2.22. The molecule has 1 aliphatic heterocycles. The van der Waals surface area contributed by atoms with Gasteiger partial charge in [-0.25, -0.2) is 0 Å². The lowest BCUT2D eigenvalue weighted by atomic mass is 9.91. The topological polar surface area (TPSA) is 44.0 Å². The number of aromatic amines is 1. The number of nitrogens with one attached hydrogen (secondary N) is 2. The summed E-state index contributed by atoms with van der Waals surface area (Å²) in [5.74, 6) is 0.733. The smallest absolute Gasteiger partial charge is 0.0670 e. The molecular formula is C15H22N4. The molecule has 0 bridgehead atoms. The molecule has 1 aromatic carbocycles. The number of hydrogen-bond acceptors (Lipinski definition) is 3. The van der Waals surface area contributed by atoms with Crippen molar-refractivity contribution < 1.29 is 0 Å². The largest absolute Gasteiger partial charge is 0.382 e. The van der Waals surface area contributed by atoms with Crippen molar-refractivity contribution >= 4 is 16.6 Å². The molecule has 1 saturated heterocycles. The molecule has 4 heteroatoms. The van der Waals surface area contributed by atoms with Gasteiger partial charge in [0.25, 0.3) is 0 Å². The molecular weight excluding hydrogens is 236 g/mol. The fourth-order valence-electron chi connectivity index (χ4n) is 3.02. The molecule has 2 unspecified atom stereocenters. The number of fused-ring (bicyclic) bond motifs is 1. The number of nitrogens with zero attached hydrogens (tertiary/aromatic N) is 2. The Hall–Kier alpha value is -1.55. The van der Waals surface area contributed by atoms with Crippen LogP contribution in [-0.4, -0.2) is 41.3 Å². The highest BCUT2D eigenvalue weighted by molar-refractivity contribution is 5.81. The van der Waals surface area contributed by atoms with Gasteiger partial charge in [-0.15, -0.1) is 0 Å². The molecule has 1 aromatic heterocycles. The summed E-state index contributed by atoms with van der Waals surface area (Å²) in [6, 6.07) is 6.90. The first-order valence-corrected chi connectivity index (χ1v) is 7.10. The summed E-state index contributed by atoms with van der Waals surface area (Å²) in [6.07, 6.45) is 4.50. The van der Waals surface area contributed by atoms with Crippen LogP contribution in [0.15, 0.2) is 24.4 Å². The Morgan fingerprint density at radius 3 is 3.21 bits per heavy atom. The predicted octanol–water partition coefficient (Wildman–Crippen LogP) is 2.71. The van der Waals surface area contributed by atoms with Gasteiger partial charge >= 0.3 is 0 Å². The van der Waals surface area contributed by atoms with E-state index in [-0.39, 0.29) is 0 Å². The van der Waals surface area contributed by atoms with E-state index in [1.54, 1.807) is 0 Å². The highest BCUT2D eigenvalue weighted by Crippen LogP contribution is 2.23. The van der Waals surface area contributed by atoms with Crippen LogP contribution in [0, 0.1) is 5.92 Å². The van der Waals surface area contributed by atoms with Gasteiger partial charge in [-0.05, 0) is 57.5 Å². The molecule has 3 rings (SSSR count). The van der Waals surface area contributed by atoms with Crippen LogP contribution in [0.4, 0.5) is 5.69 Å². The van der Waals surface area contributed by atoms with Gasteiger partial charge in [0, 0.05) is 23.7 Å². The first-order valence-electron chi connectivity index (χ1n) is 7.10. The van der Waals surface area contributed by atoms with E-state index in [9.17, 15) is 0 Å². The number of benzene rings is 1. The fourth-order valence-corrected chi connectivity index (χ4v) is 3.02. The zero-order valence-corrected chi connectivity index (χ0v) is 11.7. The zero-order valence-electron chi connectivity index (χ0n) is 11.7. The Morgan fingerprint density at radius 2 is 2.37 bits per heavy atom. The molecule has 2 atom stereocenters. The Bertz CT molecular complexity index is 548. The quantitative estimate of drug-likeness (QED) is 0.889. The summed E-state index contributed by atoms with van der Waals surface area (Å²) in [6.45, 7) is 4.73. The van der Waals surface area contributed by atoms with E-state index in [1.807, 2.05) is 6.20 Å². The standard InChI is InChI=1S/C15H22N4/c1-11(13-4-3-7-19(2)10-13)17-14-6-5-12-9-16-18-15(12)8-14/h5-6,8-9,11,13,17H,3-4,7,10H2,1-2H3,(H,16,18). The minimum Gasteiger partial charge on any atom is -0.382 e. The number of hydrogen-bond donors (Lipinski definition) is 2. The monoisotopic (exact) mass is 258 g/mol. The summed E-state index contributed by atoms with van der Waals surface area (Å²) >= 11 is 0. The van der Waals surface area contributed by atoms with Crippen LogP contribution >= 0.6 is 0 Å². The Kier molecular flexibility index (Phi) is 3.42. The van der Waals surface area contributed by atoms with E-state index in [4.69, 9.17) is 0 Å². The number of H-pyrrole nitrogens is 1. The summed E-state index contributed by atoms with van der Waals surface area (Å²) in [4.78, 5) is 2.43. The van der Waals surface area contributed by atoms with Gasteiger partial charge in [-0.1, -0.05) is 0 Å². The molecule has 2 heterocycles. The molecule has 2 aromatic rings. The molecule has 0 amide bonds. The Balaban J connectivity index is 1.69. The lowest BCUT2D eigenvalue weighted by Gasteiger charge is -2.34. The molecule has 0 spiro atoms. The van der Waals surface area contributed by atoms with Gasteiger partial charge in [0.15, 0.2) is 0 Å². The number of rotatable bonds is 3. The van der Waals surface area contributed by atoms with Crippen molar-refractivity contribution in [3.8, 4) is 0 Å². The molecule has 0 aliphatic carbocycles. The van der Waals surface area contributed by atoms with Crippen LogP contribution in [0.5, 0.6) is 0 Å². The fraction of sp³-hybridized carbons (Fsp3) is 0.533. The van der Waals surface area contributed by atoms with Gasteiger partial charge < -0.3 is 10.2 Å². The maximum Gasteiger partial charge on any atom is 0.0670 e. The summed E-state index contributed by atoms with van der Waals surface area (Å²) in [5, 5.41) is 11.9. The van der Waals surface area contributed by atoms with E-state index in [2.05, 4.69) is 52.6 Å². The van der Waals surface area contributed by atoms with Gasteiger partial charge in [-0.3, -0.25) is 5.10 Å².